The van der Waals surface area contributed by atoms with E-state index in [1.165, 1.54) is 0 Å². The van der Waals surface area contributed by atoms with E-state index in [0.717, 1.165) is 5.75 Å². The summed E-state index contributed by atoms with van der Waals surface area (Å²) in [6.45, 7) is 3.74. The van der Waals surface area contributed by atoms with Crippen molar-refractivity contribution in [1.29, 1.82) is 0 Å². The molecule has 2 aliphatic rings. The highest BCUT2D eigenvalue weighted by atomic mass is 16.6. The van der Waals surface area contributed by atoms with Crippen molar-refractivity contribution >= 4 is 11.8 Å². The molecule has 1 fully saturated rings. The molecule has 2 aliphatic heterocycles. The number of amides is 2. The van der Waals surface area contributed by atoms with Gasteiger partial charge in [-0.15, -0.1) is 0 Å². The first-order valence-electron chi connectivity index (χ1n) is 9.91. The number of hydrogen-bond donors (Lipinski definition) is 1. The van der Waals surface area contributed by atoms with Crippen molar-refractivity contribution in [1.82, 2.24) is 15.1 Å². The predicted molar refractivity (Wildman–Crippen MR) is 108 cm³/mol. The second kappa shape index (κ2) is 8.96. The van der Waals surface area contributed by atoms with E-state index in [0.29, 0.717) is 57.2 Å². The van der Waals surface area contributed by atoms with Crippen LogP contribution in [-0.2, 0) is 4.79 Å². The molecule has 0 unspecified atom stereocenters. The summed E-state index contributed by atoms with van der Waals surface area (Å²) in [5, 5.41) is 2.92. The monoisotopic (exact) mass is 395 g/mol. The summed E-state index contributed by atoms with van der Waals surface area (Å²) in [5.41, 5.74) is 0.704. The molecule has 7 heteroatoms. The molecule has 2 heterocycles. The highest BCUT2D eigenvalue weighted by Crippen LogP contribution is 2.30. The van der Waals surface area contributed by atoms with Crippen molar-refractivity contribution < 1.29 is 19.1 Å². The summed E-state index contributed by atoms with van der Waals surface area (Å²) in [7, 11) is 0. The van der Waals surface area contributed by atoms with Gasteiger partial charge in [-0.2, -0.15) is 0 Å². The molecule has 1 saturated heterocycles. The molecule has 2 aromatic rings. The third kappa shape index (κ3) is 4.86. The van der Waals surface area contributed by atoms with Gasteiger partial charge >= 0.3 is 0 Å². The standard InChI is InChI=1S/C22H25N3O4/c26-21(23-14-18-16-28-19-8-4-5-9-20(19)29-18)15-24-10-12-25(13-11-24)22(27)17-6-2-1-3-7-17/h1-9,18H,10-16H2,(H,23,26)/t18-/m1/s1. The maximum atomic E-state index is 12.5. The summed E-state index contributed by atoms with van der Waals surface area (Å²) in [5.74, 6) is 1.44. The second-order valence-corrected chi connectivity index (χ2v) is 7.24. The number of nitrogens with one attached hydrogen (secondary N) is 1. The zero-order valence-corrected chi connectivity index (χ0v) is 16.3. The molecule has 152 valence electrons. The van der Waals surface area contributed by atoms with Gasteiger partial charge < -0.3 is 19.7 Å². The molecule has 0 radical (unpaired) electrons. The van der Waals surface area contributed by atoms with Crippen LogP contribution in [0.25, 0.3) is 0 Å². The Hall–Kier alpha value is -3.06. The lowest BCUT2D eigenvalue weighted by molar-refractivity contribution is -0.123. The Kier molecular flexibility index (Phi) is 5.95. The third-order valence-corrected chi connectivity index (χ3v) is 5.14. The molecule has 0 aromatic heterocycles. The van der Waals surface area contributed by atoms with Crippen LogP contribution in [0, 0.1) is 0 Å². The van der Waals surface area contributed by atoms with E-state index in [9.17, 15) is 9.59 Å². The Balaban J connectivity index is 1.18. The summed E-state index contributed by atoms with van der Waals surface area (Å²) in [6.07, 6.45) is -0.200. The molecule has 0 aliphatic carbocycles. The van der Waals surface area contributed by atoms with Crippen LogP contribution in [0.1, 0.15) is 10.4 Å². The largest absolute Gasteiger partial charge is 0.486 e. The van der Waals surface area contributed by atoms with Crippen LogP contribution in [0.2, 0.25) is 0 Å². The molecule has 2 amide bonds. The lowest BCUT2D eigenvalue weighted by Gasteiger charge is -2.34. The van der Waals surface area contributed by atoms with E-state index < -0.39 is 0 Å². The number of rotatable bonds is 5. The fourth-order valence-corrected chi connectivity index (χ4v) is 3.52. The van der Waals surface area contributed by atoms with Crippen LogP contribution < -0.4 is 14.8 Å². The van der Waals surface area contributed by atoms with Crippen LogP contribution in [0.4, 0.5) is 0 Å². The Morgan fingerprint density at radius 3 is 2.38 bits per heavy atom. The molecule has 0 spiro atoms. The van der Waals surface area contributed by atoms with Gasteiger partial charge in [-0.05, 0) is 24.3 Å². The minimum Gasteiger partial charge on any atom is -0.486 e. The number of carbonyl (C=O) groups excluding carboxylic acids is 2. The van der Waals surface area contributed by atoms with Gasteiger partial charge in [-0.1, -0.05) is 30.3 Å². The molecule has 2 aromatic carbocycles. The van der Waals surface area contributed by atoms with Gasteiger partial charge in [0.25, 0.3) is 5.91 Å². The van der Waals surface area contributed by atoms with E-state index in [1.54, 1.807) is 0 Å². The minimum absolute atomic E-state index is 0.0458. The summed E-state index contributed by atoms with van der Waals surface area (Å²) in [6, 6.07) is 16.8. The summed E-state index contributed by atoms with van der Waals surface area (Å²) >= 11 is 0. The molecule has 7 nitrogen and oxygen atoms in total. The maximum absolute atomic E-state index is 12.5. The van der Waals surface area contributed by atoms with E-state index in [2.05, 4.69) is 10.2 Å². The lowest BCUT2D eigenvalue weighted by atomic mass is 10.2. The van der Waals surface area contributed by atoms with E-state index in [-0.39, 0.29) is 17.9 Å². The number of benzene rings is 2. The number of hydrogen-bond acceptors (Lipinski definition) is 5. The maximum Gasteiger partial charge on any atom is 0.253 e. The number of piperazine rings is 1. The van der Waals surface area contributed by atoms with Crippen LogP contribution >= 0.6 is 0 Å². The van der Waals surface area contributed by atoms with E-state index in [4.69, 9.17) is 9.47 Å². The zero-order chi connectivity index (χ0) is 20.1. The smallest absolute Gasteiger partial charge is 0.253 e. The van der Waals surface area contributed by atoms with Crippen LogP contribution in [0.3, 0.4) is 0 Å². The molecule has 0 bridgehead atoms. The van der Waals surface area contributed by atoms with Crippen LogP contribution in [0.15, 0.2) is 54.6 Å². The van der Waals surface area contributed by atoms with Crippen LogP contribution in [-0.4, -0.2) is 73.6 Å². The minimum atomic E-state index is -0.200. The summed E-state index contributed by atoms with van der Waals surface area (Å²) in [4.78, 5) is 28.7. The van der Waals surface area contributed by atoms with Gasteiger partial charge in [-0.25, -0.2) is 0 Å². The number of fused-ring (bicyclic) bond motifs is 1. The molecular weight excluding hydrogens is 370 g/mol. The molecule has 1 atom stereocenters. The highest BCUT2D eigenvalue weighted by molar-refractivity contribution is 5.94. The van der Waals surface area contributed by atoms with Crippen molar-refractivity contribution in [2.45, 2.75) is 6.10 Å². The number of carbonyl (C=O) groups is 2. The molecular formula is C22H25N3O4. The van der Waals surface area contributed by atoms with Crippen molar-refractivity contribution in [2.24, 2.45) is 0 Å². The Morgan fingerprint density at radius 2 is 1.62 bits per heavy atom. The molecule has 4 rings (SSSR count). The van der Waals surface area contributed by atoms with Gasteiger partial charge in [0.05, 0.1) is 13.1 Å². The first kappa shape index (κ1) is 19.3. The zero-order valence-electron chi connectivity index (χ0n) is 16.3. The molecule has 0 saturated carbocycles. The van der Waals surface area contributed by atoms with Crippen molar-refractivity contribution in [3.63, 3.8) is 0 Å². The average Bonchev–Trinajstić information content (AvgIpc) is 2.78. The quantitative estimate of drug-likeness (QED) is 0.829. The van der Waals surface area contributed by atoms with Gasteiger partial charge in [-0.3, -0.25) is 14.5 Å². The van der Waals surface area contributed by atoms with E-state index >= 15 is 0 Å². The fourth-order valence-electron chi connectivity index (χ4n) is 3.52. The number of ether oxygens (including phenoxy) is 2. The topological polar surface area (TPSA) is 71.1 Å². The number of nitrogens with zero attached hydrogens (tertiary/aromatic N) is 2. The second-order valence-electron chi connectivity index (χ2n) is 7.24. The predicted octanol–water partition coefficient (Wildman–Crippen LogP) is 1.40. The summed E-state index contributed by atoms with van der Waals surface area (Å²) < 4.78 is 11.5. The van der Waals surface area contributed by atoms with Crippen molar-refractivity contribution in [2.75, 3.05) is 45.9 Å². The molecule has 29 heavy (non-hydrogen) atoms. The van der Waals surface area contributed by atoms with Crippen molar-refractivity contribution in [3.8, 4) is 11.5 Å². The molecule has 1 N–H and O–H groups in total. The van der Waals surface area contributed by atoms with Gasteiger partial charge in [0.1, 0.15) is 12.7 Å². The highest BCUT2D eigenvalue weighted by Gasteiger charge is 2.24. The van der Waals surface area contributed by atoms with Crippen LogP contribution in [0.5, 0.6) is 11.5 Å². The first-order valence-corrected chi connectivity index (χ1v) is 9.91. The first-order chi connectivity index (χ1) is 14.2. The third-order valence-electron chi connectivity index (χ3n) is 5.14. The Labute approximate surface area is 170 Å². The van der Waals surface area contributed by atoms with Gasteiger partial charge in [0.2, 0.25) is 5.91 Å². The SMILES string of the molecule is O=C(CN1CCN(C(=O)c2ccccc2)CC1)NC[C@@H]1COc2ccccc2O1. The lowest BCUT2D eigenvalue weighted by Crippen LogP contribution is -2.52. The van der Waals surface area contributed by atoms with Gasteiger partial charge in [0.15, 0.2) is 11.5 Å². The van der Waals surface area contributed by atoms with E-state index in [1.807, 2.05) is 59.5 Å². The number of para-hydroxylation sites is 2. The normalized spacial score (nSPS) is 18.9. The Bertz CT molecular complexity index is 850. The van der Waals surface area contributed by atoms with Gasteiger partial charge in [0, 0.05) is 31.7 Å². The van der Waals surface area contributed by atoms with Crippen molar-refractivity contribution in [3.05, 3.63) is 60.2 Å². The Morgan fingerprint density at radius 1 is 0.931 bits per heavy atom. The average molecular weight is 395 g/mol. The fraction of sp³-hybridized carbons (Fsp3) is 0.364.